The van der Waals surface area contributed by atoms with Gasteiger partial charge in [-0.2, -0.15) is 5.26 Å². The third kappa shape index (κ3) is 1.41. The summed E-state index contributed by atoms with van der Waals surface area (Å²) in [5.74, 6) is 0. The third-order valence-electron chi connectivity index (χ3n) is 1.07. The molecule has 3 heteroatoms. The van der Waals surface area contributed by atoms with Crippen molar-refractivity contribution in [3.05, 3.63) is 32.4 Å². The zero-order chi connectivity index (χ0) is 7.56. The van der Waals surface area contributed by atoms with Crippen LogP contribution < -0.4 is 0 Å². The van der Waals surface area contributed by atoms with E-state index in [1.54, 1.807) is 6.07 Å². The van der Waals surface area contributed by atoms with Crippen LogP contribution in [0.1, 0.15) is 5.56 Å². The molecule has 0 radical (unpaired) electrons. The first kappa shape index (κ1) is 7.83. The maximum atomic E-state index is 8.56. The van der Waals surface area contributed by atoms with Crippen molar-refractivity contribution in [2.75, 3.05) is 0 Å². The molecule has 0 unspecified atom stereocenters. The fourth-order valence-electron chi connectivity index (χ4n) is 0.605. The van der Waals surface area contributed by atoms with Gasteiger partial charge in [0.05, 0.1) is 10.6 Å². The molecule has 0 N–H and O–H groups in total. The Labute approximate surface area is 77.8 Å². The van der Waals surface area contributed by atoms with E-state index in [1.165, 1.54) is 0 Å². The Bertz CT molecular complexity index is 270. The fraction of sp³-hybridized carbons (Fsp3) is 0. The zero-order valence-corrected chi connectivity index (χ0v) is 7.85. The Kier molecular flexibility index (Phi) is 2.52. The summed E-state index contributed by atoms with van der Waals surface area (Å²) in [5.41, 5.74) is 0.560. The second kappa shape index (κ2) is 3.22. The SMILES string of the molecule is N#Cc1c(Cl)cccc1I. The molecule has 1 aromatic carbocycles. The number of benzene rings is 1. The number of nitrogens with zero attached hydrogens (tertiary/aromatic N) is 1. The van der Waals surface area contributed by atoms with Crippen molar-refractivity contribution < 1.29 is 0 Å². The predicted molar refractivity (Wildman–Crippen MR) is 48.9 cm³/mol. The van der Waals surface area contributed by atoms with Gasteiger partial charge in [0.1, 0.15) is 6.07 Å². The van der Waals surface area contributed by atoms with Crippen LogP contribution in [0.3, 0.4) is 0 Å². The van der Waals surface area contributed by atoms with Gasteiger partial charge in [-0.05, 0) is 34.7 Å². The monoisotopic (exact) mass is 263 g/mol. The van der Waals surface area contributed by atoms with E-state index in [4.69, 9.17) is 16.9 Å². The average molecular weight is 263 g/mol. The zero-order valence-electron chi connectivity index (χ0n) is 4.94. The Morgan fingerprint density at radius 1 is 1.50 bits per heavy atom. The van der Waals surface area contributed by atoms with Crippen LogP contribution in [0.15, 0.2) is 18.2 Å². The molecule has 0 aliphatic carbocycles. The van der Waals surface area contributed by atoms with Crippen molar-refractivity contribution in [2.45, 2.75) is 0 Å². The molecular formula is C7H3ClIN. The van der Waals surface area contributed by atoms with Gasteiger partial charge in [0.2, 0.25) is 0 Å². The Morgan fingerprint density at radius 3 is 2.60 bits per heavy atom. The van der Waals surface area contributed by atoms with E-state index in [0.29, 0.717) is 10.6 Å². The van der Waals surface area contributed by atoms with Gasteiger partial charge >= 0.3 is 0 Å². The molecule has 0 fully saturated rings. The van der Waals surface area contributed by atoms with Crippen LogP contribution in [0.4, 0.5) is 0 Å². The first-order valence-corrected chi connectivity index (χ1v) is 4.05. The first-order chi connectivity index (χ1) is 4.75. The fourth-order valence-corrected chi connectivity index (χ4v) is 1.60. The number of rotatable bonds is 0. The second-order valence-corrected chi connectivity index (χ2v) is 3.28. The standard InChI is InChI=1S/C7H3ClIN/c8-6-2-1-3-7(9)5(6)4-10/h1-3H. The molecule has 1 aromatic rings. The Morgan fingerprint density at radius 2 is 2.20 bits per heavy atom. The molecule has 0 saturated carbocycles. The molecule has 0 spiro atoms. The lowest BCUT2D eigenvalue weighted by Crippen LogP contribution is -1.80. The molecule has 0 aliphatic rings. The summed E-state index contributed by atoms with van der Waals surface area (Å²) in [5, 5.41) is 9.08. The van der Waals surface area contributed by atoms with Crippen LogP contribution in [0.5, 0.6) is 0 Å². The minimum atomic E-state index is 0.523. The van der Waals surface area contributed by atoms with E-state index in [-0.39, 0.29) is 0 Å². The lowest BCUT2D eigenvalue weighted by molar-refractivity contribution is 1.46. The number of nitriles is 1. The summed E-state index contributed by atoms with van der Waals surface area (Å²) in [6.45, 7) is 0. The minimum absolute atomic E-state index is 0.523. The van der Waals surface area contributed by atoms with Crippen molar-refractivity contribution in [2.24, 2.45) is 0 Å². The molecule has 0 heterocycles. The molecule has 0 aliphatic heterocycles. The van der Waals surface area contributed by atoms with Crippen molar-refractivity contribution in [1.29, 1.82) is 5.26 Å². The molecule has 0 bridgehead atoms. The van der Waals surface area contributed by atoms with Crippen LogP contribution in [0.2, 0.25) is 5.02 Å². The van der Waals surface area contributed by atoms with E-state index in [2.05, 4.69) is 22.6 Å². The van der Waals surface area contributed by atoms with Gasteiger partial charge in [0.25, 0.3) is 0 Å². The largest absolute Gasteiger partial charge is 0.192 e. The molecule has 50 valence electrons. The topological polar surface area (TPSA) is 23.8 Å². The maximum Gasteiger partial charge on any atom is 0.102 e. The van der Waals surface area contributed by atoms with Crippen LogP contribution in [0.25, 0.3) is 0 Å². The maximum absolute atomic E-state index is 8.56. The number of halogens is 2. The van der Waals surface area contributed by atoms with Gasteiger partial charge in [-0.15, -0.1) is 0 Å². The van der Waals surface area contributed by atoms with E-state index >= 15 is 0 Å². The highest BCUT2D eigenvalue weighted by Gasteiger charge is 2.01. The quantitative estimate of drug-likeness (QED) is 0.660. The lowest BCUT2D eigenvalue weighted by Gasteiger charge is -1.94. The average Bonchev–Trinajstić information content (AvgIpc) is 1.88. The van der Waals surface area contributed by atoms with E-state index in [0.717, 1.165) is 3.57 Å². The molecule has 0 amide bonds. The van der Waals surface area contributed by atoms with E-state index < -0.39 is 0 Å². The van der Waals surface area contributed by atoms with Gasteiger partial charge < -0.3 is 0 Å². The highest BCUT2D eigenvalue weighted by molar-refractivity contribution is 14.1. The van der Waals surface area contributed by atoms with Crippen molar-refractivity contribution >= 4 is 34.2 Å². The molecular weight excluding hydrogens is 260 g/mol. The summed E-state index contributed by atoms with van der Waals surface area (Å²) in [6.07, 6.45) is 0. The summed E-state index contributed by atoms with van der Waals surface area (Å²) in [4.78, 5) is 0. The summed E-state index contributed by atoms with van der Waals surface area (Å²) in [7, 11) is 0. The van der Waals surface area contributed by atoms with Crippen LogP contribution in [-0.4, -0.2) is 0 Å². The first-order valence-electron chi connectivity index (χ1n) is 2.60. The number of hydrogen-bond donors (Lipinski definition) is 0. The van der Waals surface area contributed by atoms with Gasteiger partial charge in [0.15, 0.2) is 0 Å². The van der Waals surface area contributed by atoms with Crippen LogP contribution in [0, 0.1) is 14.9 Å². The second-order valence-electron chi connectivity index (χ2n) is 1.71. The van der Waals surface area contributed by atoms with E-state index in [9.17, 15) is 0 Å². The molecule has 1 rings (SSSR count). The molecule has 10 heavy (non-hydrogen) atoms. The molecule has 0 aromatic heterocycles. The van der Waals surface area contributed by atoms with Crippen LogP contribution in [-0.2, 0) is 0 Å². The summed E-state index contributed by atoms with van der Waals surface area (Å²) < 4.78 is 0.896. The summed E-state index contributed by atoms with van der Waals surface area (Å²) in [6, 6.07) is 7.41. The van der Waals surface area contributed by atoms with Crippen molar-refractivity contribution in [3.63, 3.8) is 0 Å². The Balaban J connectivity index is 3.34. The minimum Gasteiger partial charge on any atom is -0.192 e. The smallest absolute Gasteiger partial charge is 0.102 e. The third-order valence-corrected chi connectivity index (χ3v) is 2.29. The van der Waals surface area contributed by atoms with E-state index in [1.807, 2.05) is 18.2 Å². The lowest BCUT2D eigenvalue weighted by atomic mass is 10.2. The normalized spacial score (nSPS) is 8.90. The Hall–Kier alpha value is -0.270. The molecule has 0 atom stereocenters. The summed E-state index contributed by atoms with van der Waals surface area (Å²) >= 11 is 7.78. The van der Waals surface area contributed by atoms with Gasteiger partial charge in [-0.25, -0.2) is 0 Å². The molecule has 1 nitrogen and oxygen atoms in total. The highest BCUT2D eigenvalue weighted by Crippen LogP contribution is 2.19. The van der Waals surface area contributed by atoms with Gasteiger partial charge in [0, 0.05) is 3.57 Å². The number of hydrogen-bond acceptors (Lipinski definition) is 1. The highest BCUT2D eigenvalue weighted by atomic mass is 127. The van der Waals surface area contributed by atoms with Gasteiger partial charge in [-0.1, -0.05) is 17.7 Å². The van der Waals surface area contributed by atoms with Crippen molar-refractivity contribution in [1.82, 2.24) is 0 Å². The van der Waals surface area contributed by atoms with Crippen LogP contribution >= 0.6 is 34.2 Å². The van der Waals surface area contributed by atoms with Crippen molar-refractivity contribution in [3.8, 4) is 6.07 Å². The molecule has 0 saturated heterocycles. The van der Waals surface area contributed by atoms with Gasteiger partial charge in [-0.3, -0.25) is 0 Å². The predicted octanol–water partition coefficient (Wildman–Crippen LogP) is 2.82.